The maximum atomic E-state index is 13.4. The first-order valence-corrected chi connectivity index (χ1v) is 6.76. The molecule has 0 atom stereocenters. The average Bonchev–Trinajstić information content (AvgIpc) is 2.69. The van der Waals surface area contributed by atoms with E-state index in [2.05, 4.69) is 0 Å². The number of para-hydroxylation sites is 1. The maximum Gasteiger partial charge on any atom is 0.299 e. The highest BCUT2D eigenvalue weighted by atomic mass is 35.5. The molecule has 3 nitrogen and oxygen atoms in total. The van der Waals surface area contributed by atoms with E-state index in [4.69, 9.17) is 11.6 Å². The van der Waals surface area contributed by atoms with E-state index in [1.54, 1.807) is 24.3 Å². The van der Waals surface area contributed by atoms with Gasteiger partial charge in [-0.1, -0.05) is 23.7 Å². The van der Waals surface area contributed by atoms with Gasteiger partial charge in [-0.05, 0) is 42.3 Å². The molecule has 0 radical (unpaired) electrons. The Kier molecular flexibility index (Phi) is 3.26. The van der Waals surface area contributed by atoms with Crippen molar-refractivity contribution < 1.29 is 14.0 Å². The standard InChI is InChI=1S/C16H11ClFNO2/c1-9-5-6-11(18)7-10(9)8-19-14-12(15(20)16(19)21)3-2-4-13(14)17/h2-7H,8H2,1H3. The molecule has 1 aliphatic heterocycles. The van der Waals surface area contributed by atoms with E-state index in [0.717, 1.165) is 5.56 Å². The summed E-state index contributed by atoms with van der Waals surface area (Å²) in [7, 11) is 0. The minimum atomic E-state index is -0.637. The Balaban J connectivity index is 2.06. The van der Waals surface area contributed by atoms with E-state index in [1.807, 2.05) is 6.92 Å². The van der Waals surface area contributed by atoms with Crippen LogP contribution in [0.2, 0.25) is 5.02 Å². The van der Waals surface area contributed by atoms with Gasteiger partial charge in [0.25, 0.3) is 11.7 Å². The van der Waals surface area contributed by atoms with E-state index in [0.29, 0.717) is 21.8 Å². The number of amides is 1. The Morgan fingerprint density at radius 2 is 1.95 bits per heavy atom. The summed E-state index contributed by atoms with van der Waals surface area (Å²) in [5.41, 5.74) is 2.18. The summed E-state index contributed by atoms with van der Waals surface area (Å²) >= 11 is 6.11. The highest BCUT2D eigenvalue weighted by Gasteiger charge is 2.37. The molecule has 0 saturated heterocycles. The molecule has 3 rings (SSSR count). The molecule has 1 heterocycles. The van der Waals surface area contributed by atoms with Gasteiger partial charge in [-0.2, -0.15) is 0 Å². The van der Waals surface area contributed by atoms with Gasteiger partial charge in [0.2, 0.25) is 0 Å². The molecule has 2 aromatic carbocycles. The van der Waals surface area contributed by atoms with Gasteiger partial charge in [-0.25, -0.2) is 4.39 Å². The summed E-state index contributed by atoms with van der Waals surface area (Å²) < 4.78 is 13.4. The van der Waals surface area contributed by atoms with Crippen molar-refractivity contribution in [1.29, 1.82) is 0 Å². The van der Waals surface area contributed by atoms with Crippen LogP contribution < -0.4 is 4.90 Å². The lowest BCUT2D eigenvalue weighted by atomic mass is 10.1. The summed E-state index contributed by atoms with van der Waals surface area (Å²) in [5.74, 6) is -1.60. The highest BCUT2D eigenvalue weighted by molar-refractivity contribution is 6.54. The molecule has 0 N–H and O–H groups in total. The van der Waals surface area contributed by atoms with Gasteiger partial charge < -0.3 is 0 Å². The van der Waals surface area contributed by atoms with Crippen LogP contribution in [0.3, 0.4) is 0 Å². The number of nitrogens with zero attached hydrogens (tertiary/aromatic N) is 1. The lowest BCUT2D eigenvalue weighted by Gasteiger charge is -2.19. The predicted molar refractivity (Wildman–Crippen MR) is 78.1 cm³/mol. The average molecular weight is 304 g/mol. The van der Waals surface area contributed by atoms with E-state index in [1.165, 1.54) is 17.0 Å². The smallest absolute Gasteiger partial charge is 0.299 e. The number of rotatable bonds is 2. The van der Waals surface area contributed by atoms with Crippen molar-refractivity contribution in [3.8, 4) is 0 Å². The second kappa shape index (κ2) is 4.97. The van der Waals surface area contributed by atoms with Gasteiger partial charge in [-0.3, -0.25) is 14.5 Å². The monoisotopic (exact) mass is 303 g/mol. The second-order valence-electron chi connectivity index (χ2n) is 4.93. The maximum absolute atomic E-state index is 13.4. The molecule has 21 heavy (non-hydrogen) atoms. The number of halogens is 2. The van der Waals surface area contributed by atoms with Crippen molar-refractivity contribution in [2.24, 2.45) is 0 Å². The summed E-state index contributed by atoms with van der Waals surface area (Å²) in [4.78, 5) is 25.4. The van der Waals surface area contributed by atoms with Gasteiger partial charge in [0.15, 0.2) is 0 Å². The molecule has 2 aromatic rings. The van der Waals surface area contributed by atoms with Crippen LogP contribution >= 0.6 is 11.6 Å². The van der Waals surface area contributed by atoms with Crippen LogP contribution in [0.4, 0.5) is 10.1 Å². The van der Waals surface area contributed by atoms with Crippen molar-refractivity contribution in [1.82, 2.24) is 0 Å². The molecule has 0 saturated carbocycles. The van der Waals surface area contributed by atoms with E-state index < -0.39 is 11.7 Å². The fourth-order valence-corrected chi connectivity index (χ4v) is 2.72. The van der Waals surface area contributed by atoms with Crippen molar-refractivity contribution in [3.63, 3.8) is 0 Å². The third-order valence-corrected chi connectivity index (χ3v) is 3.89. The number of benzene rings is 2. The minimum absolute atomic E-state index is 0.116. The van der Waals surface area contributed by atoms with Gasteiger partial charge in [0.1, 0.15) is 5.82 Å². The lowest BCUT2D eigenvalue weighted by Crippen LogP contribution is -2.29. The normalized spacial score (nSPS) is 13.8. The van der Waals surface area contributed by atoms with Crippen LogP contribution in [0, 0.1) is 12.7 Å². The molecule has 1 aliphatic rings. The van der Waals surface area contributed by atoms with Crippen molar-refractivity contribution >= 4 is 29.0 Å². The fraction of sp³-hybridized carbons (Fsp3) is 0.125. The second-order valence-corrected chi connectivity index (χ2v) is 5.33. The van der Waals surface area contributed by atoms with E-state index in [-0.39, 0.29) is 12.4 Å². The van der Waals surface area contributed by atoms with Gasteiger partial charge in [0, 0.05) is 0 Å². The molecule has 0 bridgehead atoms. The number of carbonyl (C=O) groups excluding carboxylic acids is 2. The molecule has 0 aromatic heterocycles. The van der Waals surface area contributed by atoms with E-state index in [9.17, 15) is 14.0 Å². The molecule has 0 spiro atoms. The summed E-state index contributed by atoms with van der Waals surface area (Å²) in [6.45, 7) is 1.94. The molecule has 0 fully saturated rings. The van der Waals surface area contributed by atoms with Gasteiger partial charge in [-0.15, -0.1) is 0 Å². The molecule has 106 valence electrons. The summed E-state index contributed by atoms with van der Waals surface area (Å²) in [6.07, 6.45) is 0. The lowest BCUT2D eigenvalue weighted by molar-refractivity contribution is -0.114. The topological polar surface area (TPSA) is 37.4 Å². The number of fused-ring (bicyclic) bond motifs is 1. The van der Waals surface area contributed by atoms with Crippen LogP contribution in [0.25, 0.3) is 0 Å². The zero-order valence-electron chi connectivity index (χ0n) is 11.2. The Bertz CT molecular complexity index is 773. The summed E-state index contributed by atoms with van der Waals surface area (Å²) in [6, 6.07) is 9.18. The molecule has 1 amide bonds. The number of ketones is 1. The van der Waals surface area contributed by atoms with Crippen molar-refractivity contribution in [3.05, 3.63) is 63.9 Å². The zero-order valence-corrected chi connectivity index (χ0v) is 11.9. The Morgan fingerprint density at radius 3 is 2.71 bits per heavy atom. The third kappa shape index (κ3) is 2.21. The number of aryl methyl sites for hydroxylation is 1. The van der Waals surface area contributed by atoms with Crippen molar-refractivity contribution in [2.45, 2.75) is 13.5 Å². The first-order chi connectivity index (χ1) is 9.99. The van der Waals surface area contributed by atoms with Crippen LogP contribution in [0.1, 0.15) is 21.5 Å². The Labute approximate surface area is 125 Å². The Morgan fingerprint density at radius 1 is 1.19 bits per heavy atom. The predicted octanol–water partition coefficient (Wildman–Crippen LogP) is 3.52. The number of anilines is 1. The molecular formula is C16H11ClFNO2. The summed E-state index contributed by atoms with van der Waals surface area (Å²) in [5, 5.41) is 0.334. The van der Waals surface area contributed by atoms with Crippen LogP contribution in [0.15, 0.2) is 36.4 Å². The molecule has 0 aliphatic carbocycles. The molecule has 0 unspecified atom stereocenters. The number of hydrogen-bond donors (Lipinski definition) is 0. The van der Waals surface area contributed by atoms with Gasteiger partial charge in [0.05, 0.1) is 22.8 Å². The quantitative estimate of drug-likeness (QED) is 0.796. The first kappa shape index (κ1) is 13.8. The minimum Gasteiger partial charge on any atom is -0.299 e. The SMILES string of the molecule is Cc1ccc(F)cc1CN1C(=O)C(=O)c2cccc(Cl)c21. The third-order valence-electron chi connectivity index (χ3n) is 3.58. The number of Topliss-reactive ketones (excluding diaryl/α,β-unsaturated/α-hetero) is 1. The van der Waals surface area contributed by atoms with Crippen LogP contribution in [-0.4, -0.2) is 11.7 Å². The van der Waals surface area contributed by atoms with Crippen LogP contribution in [0.5, 0.6) is 0 Å². The first-order valence-electron chi connectivity index (χ1n) is 6.39. The largest absolute Gasteiger partial charge is 0.299 e. The Hall–Kier alpha value is -2.20. The fourth-order valence-electron chi connectivity index (χ4n) is 2.44. The molecule has 5 heteroatoms. The molecular weight excluding hydrogens is 293 g/mol. The van der Waals surface area contributed by atoms with Crippen LogP contribution in [-0.2, 0) is 11.3 Å². The zero-order chi connectivity index (χ0) is 15.1. The number of carbonyl (C=O) groups is 2. The number of hydrogen-bond acceptors (Lipinski definition) is 2. The van der Waals surface area contributed by atoms with E-state index >= 15 is 0 Å². The highest BCUT2D eigenvalue weighted by Crippen LogP contribution is 2.36. The van der Waals surface area contributed by atoms with Crippen molar-refractivity contribution in [2.75, 3.05) is 4.90 Å². The van der Waals surface area contributed by atoms with Gasteiger partial charge >= 0.3 is 0 Å².